The zero-order valence-corrected chi connectivity index (χ0v) is 15.0. The summed E-state index contributed by atoms with van der Waals surface area (Å²) < 4.78 is 1.77. The molecule has 1 aromatic rings. The number of aromatic nitrogens is 3. The lowest BCUT2D eigenvalue weighted by Gasteiger charge is -2.21. The average molecular weight is 333 g/mol. The van der Waals surface area contributed by atoms with E-state index >= 15 is 0 Å². The van der Waals surface area contributed by atoms with Crippen LogP contribution in [0.4, 0.5) is 0 Å². The van der Waals surface area contributed by atoms with Crippen LogP contribution in [0.15, 0.2) is 11.3 Å². The molecule has 134 valence electrons. The highest BCUT2D eigenvalue weighted by Gasteiger charge is 2.26. The van der Waals surface area contributed by atoms with Crippen LogP contribution in [-0.2, 0) is 13.6 Å². The zero-order valence-electron chi connectivity index (χ0n) is 15.0. The number of aryl methyl sites for hydroxylation is 1. The molecule has 2 fully saturated rings. The Morgan fingerprint density at radius 2 is 2.17 bits per heavy atom. The van der Waals surface area contributed by atoms with E-state index in [9.17, 15) is 0 Å². The first-order chi connectivity index (χ1) is 11.7. The second kappa shape index (κ2) is 8.46. The fraction of sp³-hybridized carbons (Fsp3) is 0.824. The SMILES string of the molecule is CCNC(=NCc1ncnn1C)NC1CCN(CC2CCCC2)C1. The third-order valence-electron chi connectivity index (χ3n) is 5.13. The zero-order chi connectivity index (χ0) is 16.8. The van der Waals surface area contributed by atoms with Gasteiger partial charge in [-0.05, 0) is 32.1 Å². The normalized spacial score (nSPS) is 23.1. The summed E-state index contributed by atoms with van der Waals surface area (Å²) in [5.41, 5.74) is 0. The molecule has 2 aliphatic rings. The van der Waals surface area contributed by atoms with Crippen molar-refractivity contribution in [2.24, 2.45) is 18.0 Å². The number of nitrogens with zero attached hydrogens (tertiary/aromatic N) is 5. The van der Waals surface area contributed by atoms with Crippen LogP contribution in [-0.4, -0.2) is 57.8 Å². The Balaban J connectivity index is 1.49. The van der Waals surface area contributed by atoms with Crippen LogP contribution in [0.3, 0.4) is 0 Å². The van der Waals surface area contributed by atoms with Crippen LogP contribution >= 0.6 is 0 Å². The van der Waals surface area contributed by atoms with Gasteiger partial charge in [-0.15, -0.1) is 0 Å². The van der Waals surface area contributed by atoms with Crippen molar-refractivity contribution < 1.29 is 0 Å². The van der Waals surface area contributed by atoms with Gasteiger partial charge in [0.05, 0.1) is 0 Å². The maximum absolute atomic E-state index is 4.66. The third kappa shape index (κ3) is 4.69. The van der Waals surface area contributed by atoms with Gasteiger partial charge in [-0.3, -0.25) is 4.68 Å². The Hall–Kier alpha value is -1.63. The van der Waals surface area contributed by atoms with E-state index in [-0.39, 0.29) is 0 Å². The van der Waals surface area contributed by atoms with Gasteiger partial charge in [-0.25, -0.2) is 9.98 Å². The van der Waals surface area contributed by atoms with Gasteiger partial charge >= 0.3 is 0 Å². The minimum absolute atomic E-state index is 0.490. The van der Waals surface area contributed by atoms with Crippen molar-refractivity contribution in [3.05, 3.63) is 12.2 Å². The fourth-order valence-corrected chi connectivity index (χ4v) is 3.80. The minimum atomic E-state index is 0.490. The van der Waals surface area contributed by atoms with Gasteiger partial charge in [-0.2, -0.15) is 5.10 Å². The summed E-state index contributed by atoms with van der Waals surface area (Å²) in [6.45, 7) is 7.13. The maximum Gasteiger partial charge on any atom is 0.191 e. The van der Waals surface area contributed by atoms with Gasteiger partial charge in [-0.1, -0.05) is 12.8 Å². The monoisotopic (exact) mass is 333 g/mol. The molecule has 7 heteroatoms. The van der Waals surface area contributed by atoms with Gasteiger partial charge in [0.2, 0.25) is 0 Å². The first-order valence-electron chi connectivity index (χ1n) is 9.34. The highest BCUT2D eigenvalue weighted by atomic mass is 15.3. The van der Waals surface area contributed by atoms with Gasteiger partial charge in [0.25, 0.3) is 0 Å². The van der Waals surface area contributed by atoms with Crippen molar-refractivity contribution in [1.82, 2.24) is 30.3 Å². The second-order valence-electron chi connectivity index (χ2n) is 7.04. The van der Waals surface area contributed by atoms with Crippen molar-refractivity contribution in [3.8, 4) is 0 Å². The summed E-state index contributed by atoms with van der Waals surface area (Å²) in [7, 11) is 1.90. The molecule has 1 saturated carbocycles. The number of guanidine groups is 1. The lowest BCUT2D eigenvalue weighted by atomic mass is 10.1. The largest absolute Gasteiger partial charge is 0.357 e. The molecule has 0 bridgehead atoms. The van der Waals surface area contributed by atoms with E-state index in [1.807, 2.05) is 7.05 Å². The maximum atomic E-state index is 4.66. The molecule has 1 aliphatic carbocycles. The standard InChI is InChI=1S/C17H31N7/c1-3-18-17(19-10-16-20-13-21-23(16)2)22-15-8-9-24(12-15)11-14-6-4-5-7-14/h13-15H,3-12H2,1-2H3,(H2,18,19,22). The molecule has 7 nitrogen and oxygen atoms in total. The van der Waals surface area contributed by atoms with Crippen molar-refractivity contribution in [1.29, 1.82) is 0 Å². The Morgan fingerprint density at radius 1 is 1.33 bits per heavy atom. The predicted molar refractivity (Wildman–Crippen MR) is 95.8 cm³/mol. The van der Waals surface area contributed by atoms with Crippen LogP contribution in [0.5, 0.6) is 0 Å². The topological polar surface area (TPSA) is 70.4 Å². The van der Waals surface area contributed by atoms with Crippen molar-refractivity contribution >= 4 is 5.96 Å². The molecule has 1 aliphatic heterocycles. The van der Waals surface area contributed by atoms with E-state index < -0.39 is 0 Å². The van der Waals surface area contributed by atoms with Crippen LogP contribution in [0.25, 0.3) is 0 Å². The van der Waals surface area contributed by atoms with E-state index in [0.717, 1.165) is 30.8 Å². The molecular weight excluding hydrogens is 302 g/mol. The minimum Gasteiger partial charge on any atom is -0.357 e. The molecule has 2 N–H and O–H groups in total. The molecule has 1 saturated heterocycles. The van der Waals surface area contributed by atoms with Gasteiger partial charge in [0, 0.05) is 39.3 Å². The van der Waals surface area contributed by atoms with E-state index in [1.165, 1.54) is 45.2 Å². The number of hydrogen-bond donors (Lipinski definition) is 2. The van der Waals surface area contributed by atoms with E-state index in [2.05, 4.69) is 37.5 Å². The lowest BCUT2D eigenvalue weighted by Crippen LogP contribution is -2.44. The van der Waals surface area contributed by atoms with Crippen molar-refractivity contribution in [2.75, 3.05) is 26.2 Å². The average Bonchev–Trinajstić information content (AvgIpc) is 3.30. The smallest absolute Gasteiger partial charge is 0.191 e. The van der Waals surface area contributed by atoms with E-state index in [0.29, 0.717) is 12.6 Å². The predicted octanol–water partition coefficient (Wildman–Crippen LogP) is 1.13. The Morgan fingerprint density at radius 3 is 2.88 bits per heavy atom. The van der Waals surface area contributed by atoms with Gasteiger partial charge in [0.15, 0.2) is 5.96 Å². The molecule has 2 heterocycles. The van der Waals surface area contributed by atoms with E-state index in [1.54, 1.807) is 11.0 Å². The van der Waals surface area contributed by atoms with Crippen molar-refractivity contribution in [2.45, 2.75) is 51.6 Å². The molecule has 0 spiro atoms. The Kier molecular flexibility index (Phi) is 6.07. The highest BCUT2D eigenvalue weighted by Crippen LogP contribution is 2.26. The summed E-state index contributed by atoms with van der Waals surface area (Å²) in [6.07, 6.45) is 8.48. The van der Waals surface area contributed by atoms with Crippen LogP contribution < -0.4 is 10.6 Å². The number of likely N-dealkylation sites (tertiary alicyclic amines) is 1. The highest BCUT2D eigenvalue weighted by molar-refractivity contribution is 5.80. The molecule has 24 heavy (non-hydrogen) atoms. The molecule has 0 radical (unpaired) electrons. The number of rotatable bonds is 6. The molecule has 1 aromatic heterocycles. The van der Waals surface area contributed by atoms with Crippen LogP contribution in [0, 0.1) is 5.92 Å². The Bertz CT molecular complexity index is 533. The quantitative estimate of drug-likeness (QED) is 0.603. The Labute approximate surface area is 144 Å². The molecule has 0 amide bonds. The number of hydrogen-bond acceptors (Lipinski definition) is 4. The van der Waals surface area contributed by atoms with Gasteiger partial charge < -0.3 is 15.5 Å². The number of aliphatic imine (C=N–C) groups is 1. The molecule has 1 unspecified atom stereocenters. The summed E-state index contributed by atoms with van der Waals surface area (Å²) in [6, 6.07) is 0.490. The first-order valence-corrected chi connectivity index (χ1v) is 9.34. The van der Waals surface area contributed by atoms with E-state index in [4.69, 9.17) is 0 Å². The first kappa shape index (κ1) is 17.2. The summed E-state index contributed by atoms with van der Waals surface area (Å²) in [5, 5.41) is 11.0. The van der Waals surface area contributed by atoms with Crippen molar-refractivity contribution in [3.63, 3.8) is 0 Å². The molecule has 3 rings (SSSR count). The fourth-order valence-electron chi connectivity index (χ4n) is 3.80. The number of nitrogens with one attached hydrogen (secondary N) is 2. The molecular formula is C17H31N7. The third-order valence-corrected chi connectivity index (χ3v) is 5.13. The molecule has 0 aromatic carbocycles. The van der Waals surface area contributed by atoms with Crippen LogP contribution in [0.1, 0.15) is 44.9 Å². The second-order valence-corrected chi connectivity index (χ2v) is 7.04. The molecule has 1 atom stereocenters. The summed E-state index contributed by atoms with van der Waals surface area (Å²) in [5.74, 6) is 2.69. The summed E-state index contributed by atoms with van der Waals surface area (Å²) >= 11 is 0. The lowest BCUT2D eigenvalue weighted by molar-refractivity contribution is 0.275. The summed E-state index contributed by atoms with van der Waals surface area (Å²) in [4.78, 5) is 11.5. The van der Waals surface area contributed by atoms with Gasteiger partial charge in [0.1, 0.15) is 18.7 Å². The van der Waals surface area contributed by atoms with Crippen LogP contribution in [0.2, 0.25) is 0 Å².